The predicted octanol–water partition coefficient (Wildman–Crippen LogP) is 3.19. The summed E-state index contributed by atoms with van der Waals surface area (Å²) in [6, 6.07) is 7.40. The van der Waals surface area contributed by atoms with Gasteiger partial charge in [-0.15, -0.1) is 0 Å². The van der Waals surface area contributed by atoms with Crippen molar-refractivity contribution < 1.29 is 0 Å². The highest BCUT2D eigenvalue weighted by molar-refractivity contribution is 5.30. The molecule has 1 nitrogen and oxygen atoms in total. The highest BCUT2D eigenvalue weighted by Crippen LogP contribution is 2.32. The molecule has 0 aromatic heterocycles. The van der Waals surface area contributed by atoms with Gasteiger partial charge in [-0.3, -0.25) is 0 Å². The molecule has 1 N–H and O–H groups in total. The Bertz CT molecular complexity index is 339. The van der Waals surface area contributed by atoms with Gasteiger partial charge < -0.3 is 5.32 Å². The van der Waals surface area contributed by atoms with Crippen LogP contribution in [0.1, 0.15) is 36.5 Å². The second kappa shape index (κ2) is 4.36. The van der Waals surface area contributed by atoms with E-state index in [2.05, 4.69) is 44.3 Å². The van der Waals surface area contributed by atoms with Crippen LogP contribution in [0.15, 0.2) is 18.2 Å². The molecule has 0 aliphatic heterocycles. The quantitative estimate of drug-likeness (QED) is 0.792. The van der Waals surface area contributed by atoms with Gasteiger partial charge in [0.2, 0.25) is 0 Å². The third-order valence-electron chi connectivity index (χ3n) is 3.44. The van der Waals surface area contributed by atoms with Crippen molar-refractivity contribution in [3.63, 3.8) is 0 Å². The first-order valence-corrected chi connectivity index (χ1v) is 5.96. The fourth-order valence-electron chi connectivity index (χ4n) is 2.08. The van der Waals surface area contributed by atoms with E-state index in [1.54, 1.807) is 0 Å². The minimum Gasteiger partial charge on any atom is -0.310 e. The Balaban J connectivity index is 1.92. The maximum absolute atomic E-state index is 3.62. The highest BCUT2D eigenvalue weighted by atomic mass is 14.9. The van der Waals surface area contributed by atoms with E-state index in [1.165, 1.54) is 29.5 Å². The van der Waals surface area contributed by atoms with Crippen LogP contribution in [0.4, 0.5) is 0 Å². The lowest BCUT2D eigenvalue weighted by Gasteiger charge is -2.14. The molecule has 1 atom stereocenters. The molecule has 2 rings (SSSR count). The molecule has 0 bridgehead atoms. The van der Waals surface area contributed by atoms with Crippen molar-refractivity contribution in [3.8, 4) is 0 Å². The zero-order chi connectivity index (χ0) is 10.8. The number of hydrogen-bond acceptors (Lipinski definition) is 1. The third kappa shape index (κ3) is 2.82. The smallest absolute Gasteiger partial charge is 0.0210 e. The lowest BCUT2D eigenvalue weighted by Crippen LogP contribution is -2.27. The third-order valence-corrected chi connectivity index (χ3v) is 3.44. The van der Waals surface area contributed by atoms with E-state index >= 15 is 0 Å². The fraction of sp³-hybridized carbons (Fsp3) is 0.571. The summed E-state index contributed by atoms with van der Waals surface area (Å²) in [4.78, 5) is 0. The molecule has 0 radical (unpaired) electrons. The highest BCUT2D eigenvalue weighted by Gasteiger charge is 2.27. The van der Waals surface area contributed by atoms with E-state index in [4.69, 9.17) is 0 Å². The Hall–Kier alpha value is -0.820. The van der Waals surface area contributed by atoms with Crippen LogP contribution in [-0.4, -0.2) is 6.04 Å². The van der Waals surface area contributed by atoms with Crippen LogP contribution in [0, 0.1) is 19.8 Å². The van der Waals surface area contributed by atoms with Crippen LogP contribution in [0.25, 0.3) is 0 Å². The van der Waals surface area contributed by atoms with Crippen molar-refractivity contribution >= 4 is 0 Å². The van der Waals surface area contributed by atoms with Gasteiger partial charge >= 0.3 is 0 Å². The maximum Gasteiger partial charge on any atom is 0.0210 e. The molecule has 1 unspecified atom stereocenters. The van der Waals surface area contributed by atoms with Crippen molar-refractivity contribution in [2.45, 2.75) is 46.2 Å². The summed E-state index contributed by atoms with van der Waals surface area (Å²) in [7, 11) is 0. The molecule has 82 valence electrons. The maximum atomic E-state index is 3.62. The van der Waals surface area contributed by atoms with Crippen molar-refractivity contribution in [1.29, 1.82) is 0 Å². The van der Waals surface area contributed by atoms with E-state index in [0.717, 1.165) is 12.5 Å². The average Bonchev–Trinajstić information content (AvgIpc) is 2.99. The van der Waals surface area contributed by atoms with Gasteiger partial charge in [0.15, 0.2) is 0 Å². The number of aryl methyl sites for hydroxylation is 2. The Labute approximate surface area is 92.9 Å². The minimum absolute atomic E-state index is 0.686. The van der Waals surface area contributed by atoms with Crippen molar-refractivity contribution in [1.82, 2.24) is 5.32 Å². The van der Waals surface area contributed by atoms with Crippen molar-refractivity contribution in [2.75, 3.05) is 0 Å². The summed E-state index contributed by atoms with van der Waals surface area (Å²) in [6.45, 7) is 7.67. The molecule has 1 aliphatic rings. The zero-order valence-electron chi connectivity index (χ0n) is 10.0. The number of hydrogen-bond donors (Lipinski definition) is 1. The topological polar surface area (TPSA) is 12.0 Å². The Kier molecular flexibility index (Phi) is 3.11. The summed E-state index contributed by atoms with van der Waals surface area (Å²) < 4.78 is 0. The standard InChI is InChI=1S/C14H21N/c1-10-4-5-14(11(2)8-10)9-15-12(3)13-6-7-13/h4-5,8,12-13,15H,6-7,9H2,1-3H3. The summed E-state index contributed by atoms with van der Waals surface area (Å²) in [6.07, 6.45) is 2.84. The fourth-order valence-corrected chi connectivity index (χ4v) is 2.08. The monoisotopic (exact) mass is 203 g/mol. The van der Waals surface area contributed by atoms with Gasteiger partial charge in [-0.05, 0) is 50.7 Å². The first-order valence-electron chi connectivity index (χ1n) is 5.96. The molecule has 0 amide bonds. The lowest BCUT2D eigenvalue weighted by atomic mass is 10.1. The van der Waals surface area contributed by atoms with Crippen LogP contribution < -0.4 is 5.32 Å². The van der Waals surface area contributed by atoms with Crippen LogP contribution >= 0.6 is 0 Å². The van der Waals surface area contributed by atoms with Crippen LogP contribution in [0.2, 0.25) is 0 Å². The molecule has 0 heterocycles. The van der Waals surface area contributed by atoms with E-state index in [9.17, 15) is 0 Å². The lowest BCUT2D eigenvalue weighted by molar-refractivity contribution is 0.495. The van der Waals surface area contributed by atoms with Gasteiger partial charge in [-0.1, -0.05) is 23.8 Å². The second-order valence-electron chi connectivity index (χ2n) is 4.94. The molecule has 1 fully saturated rings. The molecular weight excluding hydrogens is 182 g/mol. The van der Waals surface area contributed by atoms with Gasteiger partial charge in [-0.2, -0.15) is 0 Å². The largest absolute Gasteiger partial charge is 0.310 e. The van der Waals surface area contributed by atoms with E-state index in [0.29, 0.717) is 6.04 Å². The number of rotatable bonds is 4. The predicted molar refractivity (Wildman–Crippen MR) is 64.9 cm³/mol. The molecule has 1 aromatic carbocycles. The van der Waals surface area contributed by atoms with Crippen molar-refractivity contribution in [2.24, 2.45) is 5.92 Å². The van der Waals surface area contributed by atoms with E-state index in [-0.39, 0.29) is 0 Å². The first-order chi connectivity index (χ1) is 7.16. The first kappa shape index (κ1) is 10.7. The molecule has 0 spiro atoms. The van der Waals surface area contributed by atoms with Gasteiger partial charge in [0.1, 0.15) is 0 Å². The van der Waals surface area contributed by atoms with E-state index < -0.39 is 0 Å². The van der Waals surface area contributed by atoms with Gasteiger partial charge in [-0.25, -0.2) is 0 Å². The van der Waals surface area contributed by atoms with E-state index in [1.807, 2.05) is 0 Å². The van der Waals surface area contributed by atoms with Gasteiger partial charge in [0, 0.05) is 12.6 Å². The molecule has 1 aromatic rings. The summed E-state index contributed by atoms with van der Waals surface area (Å²) in [5.41, 5.74) is 4.20. The summed E-state index contributed by atoms with van der Waals surface area (Å²) in [5, 5.41) is 3.62. The van der Waals surface area contributed by atoms with Gasteiger partial charge in [0.05, 0.1) is 0 Å². The number of benzene rings is 1. The SMILES string of the molecule is Cc1ccc(CNC(C)C2CC2)c(C)c1. The molecule has 1 heteroatoms. The Morgan fingerprint density at radius 1 is 1.33 bits per heavy atom. The number of nitrogens with one attached hydrogen (secondary N) is 1. The molecule has 0 saturated heterocycles. The summed E-state index contributed by atoms with van der Waals surface area (Å²) >= 11 is 0. The van der Waals surface area contributed by atoms with Gasteiger partial charge in [0.25, 0.3) is 0 Å². The summed E-state index contributed by atoms with van der Waals surface area (Å²) in [5.74, 6) is 0.941. The Morgan fingerprint density at radius 2 is 2.07 bits per heavy atom. The van der Waals surface area contributed by atoms with Crippen LogP contribution in [-0.2, 0) is 6.54 Å². The zero-order valence-corrected chi connectivity index (χ0v) is 10.0. The normalized spacial score (nSPS) is 17.8. The molecular formula is C14H21N. The van der Waals surface area contributed by atoms with Crippen LogP contribution in [0.3, 0.4) is 0 Å². The van der Waals surface area contributed by atoms with Crippen LogP contribution in [0.5, 0.6) is 0 Å². The van der Waals surface area contributed by atoms with Crippen molar-refractivity contribution in [3.05, 3.63) is 34.9 Å². The second-order valence-corrected chi connectivity index (χ2v) is 4.94. The minimum atomic E-state index is 0.686. The average molecular weight is 203 g/mol. The Morgan fingerprint density at radius 3 is 2.67 bits per heavy atom. The molecule has 1 aliphatic carbocycles. The molecule has 1 saturated carbocycles. The molecule has 15 heavy (non-hydrogen) atoms.